The lowest BCUT2D eigenvalue weighted by Gasteiger charge is -2.24. The molecule has 3 unspecified atom stereocenters. The number of amides is 1. The van der Waals surface area contributed by atoms with E-state index in [2.05, 4.69) is 50.4 Å². The summed E-state index contributed by atoms with van der Waals surface area (Å²) in [5.74, 6) is -0.565. The number of rotatable bonds is 38. The van der Waals surface area contributed by atoms with Crippen molar-refractivity contribution < 1.29 is 24.5 Å². The minimum Gasteiger partial charge on any atom is -0.462 e. The van der Waals surface area contributed by atoms with Crippen LogP contribution in [0.25, 0.3) is 0 Å². The van der Waals surface area contributed by atoms with Gasteiger partial charge < -0.3 is 20.3 Å². The standard InChI is InChI=1S/C48H83NO5/c1-4-7-10-13-16-19-22-24-25-27-30-33-36-39-44(54-48(53)41-38-35-32-29-26-23-20-17-14-11-8-5-2)42-47(52)49-45(43-50)46(51)40-37-34-31-28-21-18-15-12-9-6-3/h7,10,13,16-17,19-20,22,24-25,27,30,44-46,50-51H,4-6,8-9,11-12,14-15,18,21,23,26,28-29,31-43H2,1-3H3,(H,49,52)/b10-7+,16-13+,20-17-,22-19-,25-24-,30-27+. The average molecular weight is 754 g/mol. The SMILES string of the molecule is CC/C=C/C=C/C=C\C=C/C=C/CCCC(CC(=O)NC(CO)C(O)CCCCCCCCCCCC)OC(=O)CCCCCCC/C=C\CCCCC. The molecule has 1 amide bonds. The van der Waals surface area contributed by atoms with E-state index in [1.165, 1.54) is 83.5 Å². The van der Waals surface area contributed by atoms with Crippen molar-refractivity contribution in [2.75, 3.05) is 6.61 Å². The summed E-state index contributed by atoms with van der Waals surface area (Å²) < 4.78 is 5.85. The molecule has 3 N–H and O–H groups in total. The van der Waals surface area contributed by atoms with Crippen LogP contribution in [0.4, 0.5) is 0 Å². The highest BCUT2D eigenvalue weighted by Gasteiger charge is 2.24. The van der Waals surface area contributed by atoms with Gasteiger partial charge in [-0.15, -0.1) is 0 Å². The predicted octanol–water partition coefficient (Wildman–Crippen LogP) is 12.7. The lowest BCUT2D eigenvalue weighted by atomic mass is 10.0. The van der Waals surface area contributed by atoms with Crippen molar-refractivity contribution in [2.24, 2.45) is 0 Å². The van der Waals surface area contributed by atoms with Gasteiger partial charge in [-0.25, -0.2) is 0 Å². The van der Waals surface area contributed by atoms with E-state index in [0.717, 1.165) is 64.2 Å². The lowest BCUT2D eigenvalue weighted by Crippen LogP contribution is -2.46. The molecule has 6 nitrogen and oxygen atoms in total. The molecule has 0 aliphatic carbocycles. The molecule has 0 fully saturated rings. The summed E-state index contributed by atoms with van der Waals surface area (Å²) in [6, 6.07) is -0.726. The van der Waals surface area contributed by atoms with Gasteiger partial charge in [0.05, 0.1) is 25.2 Å². The zero-order valence-corrected chi connectivity index (χ0v) is 35.1. The van der Waals surface area contributed by atoms with Crippen LogP contribution < -0.4 is 5.32 Å². The van der Waals surface area contributed by atoms with Crippen LogP contribution in [0, 0.1) is 0 Å². The molecular weight excluding hydrogens is 671 g/mol. The van der Waals surface area contributed by atoms with Gasteiger partial charge in [0.2, 0.25) is 5.91 Å². The monoisotopic (exact) mass is 754 g/mol. The Kier molecular flexibility index (Phi) is 39.4. The van der Waals surface area contributed by atoms with Crippen LogP contribution >= 0.6 is 0 Å². The van der Waals surface area contributed by atoms with Crippen LogP contribution in [-0.4, -0.2) is 46.9 Å². The van der Waals surface area contributed by atoms with E-state index in [-0.39, 0.29) is 24.9 Å². The van der Waals surface area contributed by atoms with Crippen molar-refractivity contribution in [2.45, 2.75) is 212 Å². The third kappa shape index (κ3) is 36.3. The van der Waals surface area contributed by atoms with Gasteiger partial charge in [-0.1, -0.05) is 190 Å². The first-order valence-electron chi connectivity index (χ1n) is 22.2. The van der Waals surface area contributed by atoms with Gasteiger partial charge in [0.25, 0.3) is 0 Å². The van der Waals surface area contributed by atoms with E-state index in [1.807, 2.05) is 48.6 Å². The maximum Gasteiger partial charge on any atom is 0.306 e. The molecule has 54 heavy (non-hydrogen) atoms. The number of allylic oxidation sites excluding steroid dienone is 12. The summed E-state index contributed by atoms with van der Waals surface area (Å²) in [6.07, 6.45) is 51.1. The highest BCUT2D eigenvalue weighted by molar-refractivity contribution is 5.77. The van der Waals surface area contributed by atoms with Gasteiger partial charge in [0.15, 0.2) is 0 Å². The maximum absolute atomic E-state index is 13.1. The molecule has 0 aromatic heterocycles. The third-order valence-electron chi connectivity index (χ3n) is 9.65. The molecule has 0 aromatic carbocycles. The molecule has 0 aliphatic rings. The fourth-order valence-electron chi connectivity index (χ4n) is 6.27. The van der Waals surface area contributed by atoms with Crippen LogP contribution in [0.5, 0.6) is 0 Å². The number of hydrogen-bond donors (Lipinski definition) is 3. The van der Waals surface area contributed by atoms with E-state index in [4.69, 9.17) is 4.74 Å². The Morgan fingerprint density at radius 2 is 1.04 bits per heavy atom. The molecule has 0 heterocycles. The molecule has 0 spiro atoms. The van der Waals surface area contributed by atoms with Gasteiger partial charge in [0, 0.05) is 6.42 Å². The second kappa shape index (κ2) is 41.5. The van der Waals surface area contributed by atoms with Gasteiger partial charge >= 0.3 is 5.97 Å². The number of ether oxygens (including phenoxy) is 1. The Hall–Kier alpha value is -2.70. The third-order valence-corrected chi connectivity index (χ3v) is 9.65. The number of aliphatic hydroxyl groups is 2. The predicted molar refractivity (Wildman–Crippen MR) is 231 cm³/mol. The first kappa shape index (κ1) is 51.3. The lowest BCUT2D eigenvalue weighted by molar-refractivity contribution is -0.151. The number of esters is 1. The van der Waals surface area contributed by atoms with Crippen LogP contribution in [0.2, 0.25) is 0 Å². The largest absolute Gasteiger partial charge is 0.462 e. The topological polar surface area (TPSA) is 95.9 Å². The molecule has 0 bridgehead atoms. The summed E-state index contributed by atoms with van der Waals surface area (Å²) in [7, 11) is 0. The number of unbranched alkanes of at least 4 members (excludes halogenated alkanes) is 18. The Morgan fingerprint density at radius 3 is 1.63 bits per heavy atom. The first-order valence-corrected chi connectivity index (χ1v) is 22.2. The van der Waals surface area contributed by atoms with Crippen LogP contribution in [0.3, 0.4) is 0 Å². The minimum atomic E-state index is -0.808. The highest BCUT2D eigenvalue weighted by atomic mass is 16.5. The fraction of sp³-hybridized carbons (Fsp3) is 0.708. The van der Waals surface area contributed by atoms with Gasteiger partial charge in [-0.05, 0) is 64.2 Å². The maximum atomic E-state index is 13.1. The van der Waals surface area contributed by atoms with Gasteiger partial charge in [0.1, 0.15) is 6.10 Å². The second-order valence-electron chi connectivity index (χ2n) is 14.8. The fourth-order valence-corrected chi connectivity index (χ4v) is 6.27. The Bertz CT molecular complexity index is 1030. The van der Waals surface area contributed by atoms with Crippen molar-refractivity contribution >= 4 is 11.9 Å². The Labute approximate surface area is 332 Å². The van der Waals surface area contributed by atoms with E-state index in [1.54, 1.807) is 0 Å². The van der Waals surface area contributed by atoms with Crippen LogP contribution in [0.1, 0.15) is 194 Å². The van der Waals surface area contributed by atoms with Crippen molar-refractivity contribution in [3.63, 3.8) is 0 Å². The second-order valence-corrected chi connectivity index (χ2v) is 14.8. The smallest absolute Gasteiger partial charge is 0.306 e. The number of hydrogen-bond acceptors (Lipinski definition) is 5. The van der Waals surface area contributed by atoms with Gasteiger partial charge in [-0.2, -0.15) is 0 Å². The molecule has 0 saturated heterocycles. The van der Waals surface area contributed by atoms with E-state index < -0.39 is 18.2 Å². The van der Waals surface area contributed by atoms with Crippen molar-refractivity contribution in [1.82, 2.24) is 5.32 Å². The average Bonchev–Trinajstić information content (AvgIpc) is 3.16. The molecule has 0 radical (unpaired) electrons. The van der Waals surface area contributed by atoms with Gasteiger partial charge in [-0.3, -0.25) is 9.59 Å². The molecule has 0 aromatic rings. The summed E-state index contributed by atoms with van der Waals surface area (Å²) in [4.78, 5) is 25.9. The van der Waals surface area contributed by atoms with E-state index in [9.17, 15) is 19.8 Å². The molecule has 0 rings (SSSR count). The van der Waals surface area contributed by atoms with E-state index in [0.29, 0.717) is 19.3 Å². The molecule has 0 aliphatic heterocycles. The summed E-state index contributed by atoms with van der Waals surface area (Å²) >= 11 is 0. The summed E-state index contributed by atoms with van der Waals surface area (Å²) in [6.45, 7) is 6.25. The number of carbonyl (C=O) groups is 2. The number of aliphatic hydroxyl groups excluding tert-OH is 2. The van der Waals surface area contributed by atoms with Crippen molar-refractivity contribution in [1.29, 1.82) is 0 Å². The Morgan fingerprint density at radius 1 is 0.556 bits per heavy atom. The van der Waals surface area contributed by atoms with Crippen LogP contribution in [-0.2, 0) is 14.3 Å². The molecule has 0 saturated carbocycles. The molecule has 6 heteroatoms. The number of nitrogens with one attached hydrogen (secondary N) is 1. The zero-order valence-electron chi connectivity index (χ0n) is 35.1. The Balaban J connectivity index is 4.77. The normalized spacial score (nSPS) is 14.1. The van der Waals surface area contributed by atoms with Crippen LogP contribution in [0.15, 0.2) is 72.9 Å². The number of carbonyl (C=O) groups excluding carboxylic acids is 2. The van der Waals surface area contributed by atoms with E-state index >= 15 is 0 Å². The summed E-state index contributed by atoms with van der Waals surface area (Å²) in [5.41, 5.74) is 0. The highest BCUT2D eigenvalue weighted by Crippen LogP contribution is 2.16. The minimum absolute atomic E-state index is 0.0224. The molecule has 3 atom stereocenters. The van der Waals surface area contributed by atoms with Crippen molar-refractivity contribution in [3.8, 4) is 0 Å². The first-order chi connectivity index (χ1) is 26.5. The molecule has 310 valence electrons. The quantitative estimate of drug-likeness (QED) is 0.0252. The molecular formula is C48H83NO5. The summed E-state index contributed by atoms with van der Waals surface area (Å²) in [5, 5.41) is 23.6. The van der Waals surface area contributed by atoms with Crippen molar-refractivity contribution in [3.05, 3.63) is 72.9 Å². The zero-order chi connectivity index (χ0) is 39.6.